The van der Waals surface area contributed by atoms with Crippen LogP contribution < -0.4 is 11.5 Å². The predicted molar refractivity (Wildman–Crippen MR) is 61.2 cm³/mol. The summed E-state index contributed by atoms with van der Waals surface area (Å²) < 4.78 is 0. The van der Waals surface area contributed by atoms with Gasteiger partial charge >= 0.3 is 0 Å². The van der Waals surface area contributed by atoms with Crippen molar-refractivity contribution in [3.05, 3.63) is 34.9 Å². The van der Waals surface area contributed by atoms with E-state index in [1.165, 1.54) is 0 Å². The van der Waals surface area contributed by atoms with Crippen LogP contribution in [-0.4, -0.2) is 6.54 Å². The van der Waals surface area contributed by atoms with E-state index in [0.717, 1.165) is 17.0 Å². The van der Waals surface area contributed by atoms with Crippen LogP contribution in [0, 0.1) is 5.92 Å². The molecule has 0 amide bonds. The van der Waals surface area contributed by atoms with Gasteiger partial charge in [-0.3, -0.25) is 0 Å². The smallest absolute Gasteiger partial charge is 0.0406 e. The molecule has 2 nitrogen and oxygen atoms in total. The molecule has 0 heterocycles. The van der Waals surface area contributed by atoms with Crippen LogP contribution in [0.25, 0.3) is 0 Å². The van der Waals surface area contributed by atoms with Gasteiger partial charge in [-0.1, -0.05) is 37.1 Å². The van der Waals surface area contributed by atoms with Crippen LogP contribution in [-0.2, 0) is 0 Å². The maximum absolute atomic E-state index is 6.09. The molecule has 0 aliphatic carbocycles. The van der Waals surface area contributed by atoms with Crippen LogP contribution in [0.15, 0.2) is 24.3 Å². The standard InChI is InChI=1S/C11H17ClN2/c1-2-8(7-13)11(14)9-3-5-10(12)6-4-9/h3-6,8,11H,2,7,13-14H2,1H3. The Bertz CT molecular complexity index is 267. The fourth-order valence-electron chi connectivity index (χ4n) is 1.52. The van der Waals surface area contributed by atoms with Gasteiger partial charge in [0.2, 0.25) is 0 Å². The third-order valence-electron chi connectivity index (χ3n) is 2.59. The van der Waals surface area contributed by atoms with Crippen LogP contribution in [0.4, 0.5) is 0 Å². The van der Waals surface area contributed by atoms with E-state index in [1.807, 2.05) is 24.3 Å². The van der Waals surface area contributed by atoms with Gasteiger partial charge in [0, 0.05) is 11.1 Å². The summed E-state index contributed by atoms with van der Waals surface area (Å²) in [6.45, 7) is 2.73. The summed E-state index contributed by atoms with van der Waals surface area (Å²) >= 11 is 5.80. The molecule has 0 saturated heterocycles. The Morgan fingerprint density at radius 2 is 1.86 bits per heavy atom. The van der Waals surface area contributed by atoms with Gasteiger partial charge in [0.15, 0.2) is 0 Å². The fraction of sp³-hybridized carbons (Fsp3) is 0.455. The fourth-order valence-corrected chi connectivity index (χ4v) is 1.65. The Balaban J connectivity index is 2.77. The summed E-state index contributed by atoms with van der Waals surface area (Å²) in [7, 11) is 0. The molecule has 1 aromatic carbocycles. The third kappa shape index (κ3) is 2.71. The topological polar surface area (TPSA) is 52.0 Å². The molecule has 4 N–H and O–H groups in total. The molecule has 2 unspecified atom stereocenters. The predicted octanol–water partition coefficient (Wildman–Crippen LogP) is 2.32. The van der Waals surface area contributed by atoms with Crippen molar-refractivity contribution >= 4 is 11.6 Å². The zero-order chi connectivity index (χ0) is 10.6. The first-order valence-corrected chi connectivity index (χ1v) is 5.28. The van der Waals surface area contributed by atoms with Crippen molar-refractivity contribution in [2.24, 2.45) is 17.4 Å². The van der Waals surface area contributed by atoms with Gasteiger partial charge in [0.25, 0.3) is 0 Å². The minimum atomic E-state index is 0.0160. The molecule has 78 valence electrons. The second-order valence-electron chi connectivity index (χ2n) is 3.48. The Hall–Kier alpha value is -0.570. The van der Waals surface area contributed by atoms with E-state index in [9.17, 15) is 0 Å². The summed E-state index contributed by atoms with van der Waals surface area (Å²) in [4.78, 5) is 0. The number of halogens is 1. The highest BCUT2D eigenvalue weighted by Gasteiger charge is 2.15. The molecule has 0 aliphatic heterocycles. The molecule has 3 heteroatoms. The molecule has 0 bridgehead atoms. The number of nitrogens with two attached hydrogens (primary N) is 2. The number of rotatable bonds is 4. The molecular formula is C11H17ClN2. The number of benzene rings is 1. The van der Waals surface area contributed by atoms with E-state index < -0.39 is 0 Å². The zero-order valence-electron chi connectivity index (χ0n) is 8.41. The third-order valence-corrected chi connectivity index (χ3v) is 2.84. The summed E-state index contributed by atoms with van der Waals surface area (Å²) in [6.07, 6.45) is 1.00. The van der Waals surface area contributed by atoms with Crippen LogP contribution in [0.3, 0.4) is 0 Å². The molecule has 0 aliphatic rings. The van der Waals surface area contributed by atoms with Gasteiger partial charge in [-0.05, 0) is 30.2 Å². The molecule has 0 radical (unpaired) electrons. The summed E-state index contributed by atoms with van der Waals surface area (Å²) in [6, 6.07) is 7.67. The van der Waals surface area contributed by atoms with Crippen molar-refractivity contribution in [3.63, 3.8) is 0 Å². The van der Waals surface area contributed by atoms with Crippen molar-refractivity contribution in [3.8, 4) is 0 Å². The first-order chi connectivity index (χ1) is 6.69. The maximum Gasteiger partial charge on any atom is 0.0406 e. The summed E-state index contributed by atoms with van der Waals surface area (Å²) in [5.41, 5.74) is 12.8. The summed E-state index contributed by atoms with van der Waals surface area (Å²) in [5, 5.41) is 0.738. The van der Waals surface area contributed by atoms with Gasteiger partial charge in [-0.2, -0.15) is 0 Å². The lowest BCUT2D eigenvalue weighted by Gasteiger charge is -2.21. The molecule has 0 fully saturated rings. The molecule has 0 saturated carbocycles. The average molecular weight is 213 g/mol. The quantitative estimate of drug-likeness (QED) is 0.805. The molecule has 0 spiro atoms. The molecule has 2 atom stereocenters. The minimum absolute atomic E-state index is 0.0160. The highest BCUT2D eigenvalue weighted by Crippen LogP contribution is 2.22. The Morgan fingerprint density at radius 3 is 2.29 bits per heavy atom. The van der Waals surface area contributed by atoms with Crippen LogP contribution in [0.2, 0.25) is 5.02 Å². The Morgan fingerprint density at radius 1 is 1.29 bits per heavy atom. The molecular weight excluding hydrogens is 196 g/mol. The van der Waals surface area contributed by atoms with Gasteiger partial charge < -0.3 is 11.5 Å². The second kappa shape index (κ2) is 5.35. The van der Waals surface area contributed by atoms with Gasteiger partial charge in [0.05, 0.1) is 0 Å². The van der Waals surface area contributed by atoms with Crippen LogP contribution in [0.1, 0.15) is 24.9 Å². The molecule has 14 heavy (non-hydrogen) atoms. The van der Waals surface area contributed by atoms with E-state index >= 15 is 0 Å². The van der Waals surface area contributed by atoms with Crippen molar-refractivity contribution in [2.45, 2.75) is 19.4 Å². The van der Waals surface area contributed by atoms with E-state index in [4.69, 9.17) is 23.1 Å². The van der Waals surface area contributed by atoms with Crippen LogP contribution >= 0.6 is 11.6 Å². The van der Waals surface area contributed by atoms with E-state index in [-0.39, 0.29) is 6.04 Å². The van der Waals surface area contributed by atoms with Gasteiger partial charge in [-0.25, -0.2) is 0 Å². The Kier molecular flexibility index (Phi) is 4.39. The molecule has 0 aromatic heterocycles. The molecule has 1 rings (SSSR count). The highest BCUT2D eigenvalue weighted by atomic mass is 35.5. The lowest BCUT2D eigenvalue weighted by molar-refractivity contribution is 0.428. The maximum atomic E-state index is 6.09. The SMILES string of the molecule is CCC(CN)C(N)c1ccc(Cl)cc1. The van der Waals surface area contributed by atoms with E-state index in [1.54, 1.807) is 0 Å². The average Bonchev–Trinajstić information content (AvgIpc) is 2.20. The normalized spacial score (nSPS) is 15.1. The Labute approximate surface area is 90.2 Å². The van der Waals surface area contributed by atoms with Crippen molar-refractivity contribution in [1.82, 2.24) is 0 Å². The monoisotopic (exact) mass is 212 g/mol. The second-order valence-corrected chi connectivity index (χ2v) is 3.92. The largest absolute Gasteiger partial charge is 0.330 e. The first-order valence-electron chi connectivity index (χ1n) is 4.90. The van der Waals surface area contributed by atoms with E-state index in [0.29, 0.717) is 12.5 Å². The van der Waals surface area contributed by atoms with Crippen molar-refractivity contribution in [2.75, 3.05) is 6.54 Å². The van der Waals surface area contributed by atoms with Gasteiger partial charge in [0.1, 0.15) is 0 Å². The lowest BCUT2D eigenvalue weighted by Crippen LogP contribution is -2.27. The summed E-state index contributed by atoms with van der Waals surface area (Å²) in [5.74, 6) is 0.344. The van der Waals surface area contributed by atoms with Crippen LogP contribution in [0.5, 0.6) is 0 Å². The highest BCUT2D eigenvalue weighted by molar-refractivity contribution is 6.30. The van der Waals surface area contributed by atoms with Crippen molar-refractivity contribution in [1.29, 1.82) is 0 Å². The lowest BCUT2D eigenvalue weighted by atomic mass is 9.92. The number of hydrogen-bond donors (Lipinski definition) is 2. The zero-order valence-corrected chi connectivity index (χ0v) is 9.17. The van der Waals surface area contributed by atoms with Crippen molar-refractivity contribution < 1.29 is 0 Å². The first kappa shape index (κ1) is 11.5. The molecule has 1 aromatic rings. The van der Waals surface area contributed by atoms with Gasteiger partial charge in [-0.15, -0.1) is 0 Å². The van der Waals surface area contributed by atoms with E-state index in [2.05, 4.69) is 6.92 Å². The minimum Gasteiger partial charge on any atom is -0.330 e. The number of hydrogen-bond acceptors (Lipinski definition) is 2.